The lowest BCUT2D eigenvalue weighted by atomic mass is 10.0. The van der Waals surface area contributed by atoms with Gasteiger partial charge in [-0.05, 0) is 57.8 Å². The zero-order chi connectivity index (χ0) is 52.7. The second kappa shape index (κ2) is 54.2. The average molecular weight is 1030 g/mol. The van der Waals surface area contributed by atoms with Crippen LogP contribution < -0.4 is 0 Å². The molecule has 0 amide bonds. The molecule has 0 aliphatic carbocycles. The van der Waals surface area contributed by atoms with Crippen LogP contribution >= 0.6 is 7.82 Å². The van der Waals surface area contributed by atoms with Gasteiger partial charge >= 0.3 is 25.7 Å². The van der Waals surface area contributed by atoms with E-state index in [-0.39, 0.29) is 25.9 Å². The number of aliphatic hydroxyl groups is 1. The molecule has 0 aromatic rings. The summed E-state index contributed by atoms with van der Waals surface area (Å²) in [6.45, 7) is 4.46. The molecule has 0 rings (SSSR count). The van der Waals surface area contributed by atoms with Crippen LogP contribution in [0.5, 0.6) is 0 Å². The van der Waals surface area contributed by atoms with Crippen LogP contribution in [-0.4, -0.2) is 66.5 Å². The summed E-state index contributed by atoms with van der Waals surface area (Å²) < 4.78 is 39.4. The van der Waals surface area contributed by atoms with E-state index in [4.69, 9.17) is 23.3 Å². The first-order valence-corrected chi connectivity index (χ1v) is 30.3. The first-order chi connectivity index (χ1) is 35.2. The van der Waals surface area contributed by atoms with Crippen LogP contribution in [-0.2, 0) is 42.2 Å². The largest absolute Gasteiger partial charge is 0.472 e. The van der Waals surface area contributed by atoms with Gasteiger partial charge in [-0.2, -0.15) is 0 Å². The number of carbonyl (C=O) groups is 3. The van der Waals surface area contributed by atoms with Crippen LogP contribution in [0.1, 0.15) is 252 Å². The lowest BCUT2D eigenvalue weighted by Gasteiger charge is -2.21. The van der Waals surface area contributed by atoms with Crippen molar-refractivity contribution in [2.45, 2.75) is 264 Å². The zero-order valence-corrected chi connectivity index (χ0v) is 46.8. The maximum atomic E-state index is 12.9. The maximum Gasteiger partial charge on any atom is 0.472 e. The van der Waals surface area contributed by atoms with E-state index >= 15 is 0 Å². The van der Waals surface area contributed by atoms with E-state index in [1.807, 2.05) is 12.2 Å². The number of phosphoric acid groups is 1. The molecule has 3 atom stereocenters. The van der Waals surface area contributed by atoms with Crippen molar-refractivity contribution in [2.75, 3.05) is 26.4 Å². The molecule has 0 bridgehead atoms. The Balaban J connectivity index is 4.82. The number of unbranched alkanes of at least 4 members (excludes halogenated alkanes) is 24. The van der Waals surface area contributed by atoms with Gasteiger partial charge in [-0.15, -0.1) is 0 Å². The molecular formula is C60H105O11P. The Morgan fingerprint density at radius 3 is 1.08 bits per heavy atom. The fourth-order valence-electron chi connectivity index (χ4n) is 7.79. The quantitative estimate of drug-likeness (QED) is 0.0197. The Labute approximate surface area is 439 Å². The molecule has 0 saturated heterocycles. The molecule has 72 heavy (non-hydrogen) atoms. The van der Waals surface area contributed by atoms with Crippen molar-refractivity contribution in [1.29, 1.82) is 0 Å². The minimum atomic E-state index is -4.76. The second-order valence-electron chi connectivity index (χ2n) is 19.1. The normalized spacial score (nSPS) is 13.9. The smallest absolute Gasteiger partial charge is 0.462 e. The third-order valence-corrected chi connectivity index (χ3v) is 13.1. The predicted octanol–water partition coefficient (Wildman–Crippen LogP) is 16.9. The van der Waals surface area contributed by atoms with E-state index in [0.717, 1.165) is 77.0 Å². The number of esters is 3. The summed E-state index contributed by atoms with van der Waals surface area (Å²) in [5, 5.41) is 9.79. The monoisotopic (exact) mass is 1030 g/mol. The molecule has 0 aliphatic rings. The van der Waals surface area contributed by atoms with E-state index in [2.05, 4.69) is 81.5 Å². The van der Waals surface area contributed by atoms with Crippen LogP contribution in [0.25, 0.3) is 0 Å². The predicted molar refractivity (Wildman–Crippen MR) is 298 cm³/mol. The molecule has 3 unspecified atom stereocenters. The van der Waals surface area contributed by atoms with E-state index in [1.54, 1.807) is 0 Å². The summed E-state index contributed by atoms with van der Waals surface area (Å²) in [6, 6.07) is 0. The van der Waals surface area contributed by atoms with Crippen molar-refractivity contribution in [1.82, 2.24) is 0 Å². The minimum absolute atomic E-state index is 0.102. The molecule has 0 heterocycles. The van der Waals surface area contributed by atoms with Crippen molar-refractivity contribution in [3.63, 3.8) is 0 Å². The Morgan fingerprint density at radius 2 is 0.722 bits per heavy atom. The molecule has 0 spiro atoms. The summed E-state index contributed by atoms with van der Waals surface area (Å²) in [5.41, 5.74) is 0. The van der Waals surface area contributed by atoms with Crippen molar-refractivity contribution in [3.8, 4) is 0 Å². The standard InChI is InChI=1S/C60H105O11P/c1-4-7-10-13-16-19-22-24-26-27-28-29-31-32-35-37-40-43-46-49-58(62)67-53-57(71-60(64)51-48-45-42-39-36-33-30-25-23-20-17-14-11-8-5-2)55-69-72(65,66)68-54-56(52-61)70-59(63)50-47-44-41-38-34-21-18-15-12-9-6-3/h7,10,16,19,24,26,28-29,32,35,40,43,56-57,61H,4-6,8-9,11-15,17-18,20-23,25,27,30-31,33-34,36-39,41-42,44-55H2,1-3H3,(H,65,66)/b10-7-,19-16-,26-24-,29-28-,35-32-,43-40-. The Morgan fingerprint density at radius 1 is 0.403 bits per heavy atom. The summed E-state index contributed by atoms with van der Waals surface area (Å²) >= 11 is 0. The maximum absolute atomic E-state index is 12.9. The molecule has 0 aromatic carbocycles. The highest BCUT2D eigenvalue weighted by Gasteiger charge is 2.28. The topological polar surface area (TPSA) is 155 Å². The zero-order valence-electron chi connectivity index (χ0n) is 45.9. The molecule has 0 aromatic heterocycles. The summed E-state index contributed by atoms with van der Waals surface area (Å²) in [4.78, 5) is 48.4. The van der Waals surface area contributed by atoms with Crippen molar-refractivity contribution >= 4 is 25.7 Å². The minimum Gasteiger partial charge on any atom is -0.462 e. The van der Waals surface area contributed by atoms with Gasteiger partial charge in [0.2, 0.25) is 0 Å². The number of hydrogen-bond donors (Lipinski definition) is 2. The SMILES string of the molecule is CC/C=C\C/C=C\C/C=C\C/C=C\C/C=C\C/C=C\CCC(=O)OCC(COP(=O)(O)OCC(CO)OC(=O)CCCCCCCCCCCCC)OC(=O)CCCCCCCCCCCCCCCCC. The Hall–Kier alpha value is -3.08. The average Bonchev–Trinajstić information content (AvgIpc) is 3.37. The first-order valence-electron chi connectivity index (χ1n) is 28.8. The molecule has 0 aliphatic heterocycles. The summed E-state index contributed by atoms with van der Waals surface area (Å²) in [5.74, 6) is -1.56. The van der Waals surface area contributed by atoms with Gasteiger partial charge in [0.05, 0.1) is 19.8 Å². The van der Waals surface area contributed by atoms with Crippen LogP contribution in [0, 0.1) is 0 Å². The van der Waals surface area contributed by atoms with Gasteiger partial charge in [-0.1, -0.05) is 248 Å². The summed E-state index contributed by atoms with van der Waals surface area (Å²) in [6.07, 6.45) is 60.2. The molecule has 11 nitrogen and oxygen atoms in total. The number of hydrogen-bond acceptors (Lipinski definition) is 10. The lowest BCUT2D eigenvalue weighted by Crippen LogP contribution is -2.30. The molecule has 0 fully saturated rings. The van der Waals surface area contributed by atoms with Gasteiger partial charge in [0, 0.05) is 19.3 Å². The third-order valence-electron chi connectivity index (χ3n) is 12.2. The molecule has 0 saturated carbocycles. The molecule has 0 radical (unpaired) electrons. The molecule has 2 N–H and O–H groups in total. The van der Waals surface area contributed by atoms with Gasteiger partial charge in [0.1, 0.15) is 12.7 Å². The Bertz CT molecular complexity index is 1490. The highest BCUT2D eigenvalue weighted by Crippen LogP contribution is 2.43. The number of allylic oxidation sites excluding steroid dienone is 12. The van der Waals surface area contributed by atoms with Crippen molar-refractivity contribution in [3.05, 3.63) is 72.9 Å². The lowest BCUT2D eigenvalue weighted by molar-refractivity contribution is -0.161. The van der Waals surface area contributed by atoms with Gasteiger partial charge in [0.15, 0.2) is 6.10 Å². The Kier molecular flexibility index (Phi) is 51.9. The van der Waals surface area contributed by atoms with Crippen LogP contribution in [0.15, 0.2) is 72.9 Å². The number of rotatable bonds is 53. The van der Waals surface area contributed by atoms with Crippen molar-refractivity contribution in [2.24, 2.45) is 0 Å². The van der Waals surface area contributed by atoms with E-state index in [0.29, 0.717) is 19.3 Å². The number of carbonyl (C=O) groups excluding carboxylic acids is 3. The van der Waals surface area contributed by atoms with Crippen LogP contribution in [0.3, 0.4) is 0 Å². The van der Waals surface area contributed by atoms with Gasteiger partial charge in [0.25, 0.3) is 0 Å². The van der Waals surface area contributed by atoms with Gasteiger partial charge < -0.3 is 24.2 Å². The highest BCUT2D eigenvalue weighted by atomic mass is 31.2. The van der Waals surface area contributed by atoms with Crippen LogP contribution in [0.4, 0.5) is 0 Å². The van der Waals surface area contributed by atoms with Crippen molar-refractivity contribution < 1.29 is 52.2 Å². The van der Waals surface area contributed by atoms with E-state index in [9.17, 15) is 28.9 Å². The number of phosphoric ester groups is 1. The number of ether oxygens (including phenoxy) is 3. The fraction of sp³-hybridized carbons (Fsp3) is 0.750. The number of aliphatic hydroxyl groups excluding tert-OH is 1. The molecule has 416 valence electrons. The van der Waals surface area contributed by atoms with Crippen LogP contribution in [0.2, 0.25) is 0 Å². The van der Waals surface area contributed by atoms with E-state index in [1.165, 1.54) is 116 Å². The fourth-order valence-corrected chi connectivity index (χ4v) is 8.58. The van der Waals surface area contributed by atoms with Gasteiger partial charge in [-0.3, -0.25) is 23.4 Å². The highest BCUT2D eigenvalue weighted by molar-refractivity contribution is 7.47. The first kappa shape index (κ1) is 68.9. The summed E-state index contributed by atoms with van der Waals surface area (Å²) in [7, 11) is -4.76. The van der Waals surface area contributed by atoms with E-state index < -0.39 is 57.8 Å². The molecular weight excluding hydrogens is 928 g/mol. The molecule has 12 heteroatoms. The third kappa shape index (κ3) is 51.8. The second-order valence-corrected chi connectivity index (χ2v) is 20.5. The van der Waals surface area contributed by atoms with Gasteiger partial charge in [-0.25, -0.2) is 4.57 Å².